The molecule has 0 unspecified atom stereocenters. The summed E-state index contributed by atoms with van der Waals surface area (Å²) in [5.74, 6) is 0.412. The lowest BCUT2D eigenvalue weighted by atomic mass is 9.76. The van der Waals surface area contributed by atoms with Crippen LogP contribution in [0.15, 0.2) is 24.3 Å². The zero-order chi connectivity index (χ0) is 15.0. The summed E-state index contributed by atoms with van der Waals surface area (Å²) in [4.78, 5) is 26.2. The Morgan fingerprint density at radius 2 is 1.76 bits per heavy atom. The SMILES string of the molecule is Cc1ccc(NCN2C(=O)[C@H]3CC[C@@H](C)C[C@@H]3C2=O)cc1. The van der Waals surface area contributed by atoms with Crippen LogP contribution in [0.25, 0.3) is 0 Å². The highest BCUT2D eigenvalue weighted by Gasteiger charge is 2.49. The van der Waals surface area contributed by atoms with E-state index in [1.54, 1.807) is 0 Å². The Morgan fingerprint density at radius 3 is 2.48 bits per heavy atom. The second-order valence-electron chi connectivity index (χ2n) is 6.44. The summed E-state index contributed by atoms with van der Waals surface area (Å²) in [5, 5.41) is 3.18. The predicted molar refractivity (Wildman–Crippen MR) is 81.5 cm³/mol. The van der Waals surface area contributed by atoms with Gasteiger partial charge in [-0.1, -0.05) is 24.6 Å². The summed E-state index contributed by atoms with van der Waals surface area (Å²) in [5.41, 5.74) is 2.12. The van der Waals surface area contributed by atoms with E-state index in [1.807, 2.05) is 31.2 Å². The van der Waals surface area contributed by atoms with Crippen molar-refractivity contribution in [1.82, 2.24) is 4.90 Å². The monoisotopic (exact) mass is 286 g/mol. The first-order valence-electron chi connectivity index (χ1n) is 7.72. The number of imide groups is 1. The number of hydrogen-bond donors (Lipinski definition) is 1. The Bertz CT molecular complexity index is 552. The van der Waals surface area contributed by atoms with Gasteiger partial charge in [-0.25, -0.2) is 0 Å². The molecule has 1 aromatic carbocycles. The molecule has 1 aromatic rings. The number of benzene rings is 1. The number of hydrogen-bond acceptors (Lipinski definition) is 3. The van der Waals surface area contributed by atoms with Gasteiger partial charge in [0.25, 0.3) is 0 Å². The minimum absolute atomic E-state index is 0.0103. The molecule has 1 aliphatic carbocycles. The molecule has 0 radical (unpaired) electrons. The second-order valence-corrected chi connectivity index (χ2v) is 6.44. The molecule has 0 spiro atoms. The molecule has 1 saturated carbocycles. The molecular weight excluding hydrogens is 264 g/mol. The van der Waals surface area contributed by atoms with Crippen LogP contribution in [0.4, 0.5) is 5.69 Å². The topological polar surface area (TPSA) is 49.4 Å². The number of carbonyl (C=O) groups is 2. The van der Waals surface area contributed by atoms with Crippen molar-refractivity contribution in [3.63, 3.8) is 0 Å². The van der Waals surface area contributed by atoms with Gasteiger partial charge in [-0.15, -0.1) is 0 Å². The number of anilines is 1. The van der Waals surface area contributed by atoms with Crippen LogP contribution in [-0.4, -0.2) is 23.4 Å². The number of amides is 2. The van der Waals surface area contributed by atoms with E-state index >= 15 is 0 Å². The maximum atomic E-state index is 12.4. The van der Waals surface area contributed by atoms with Crippen LogP contribution in [0.2, 0.25) is 0 Å². The first-order chi connectivity index (χ1) is 10.1. The van der Waals surface area contributed by atoms with Gasteiger partial charge < -0.3 is 5.32 Å². The molecule has 21 heavy (non-hydrogen) atoms. The number of carbonyl (C=O) groups excluding carboxylic acids is 2. The van der Waals surface area contributed by atoms with Gasteiger partial charge in [-0.3, -0.25) is 14.5 Å². The van der Waals surface area contributed by atoms with Gasteiger partial charge in [-0.2, -0.15) is 0 Å². The Kier molecular flexibility index (Phi) is 3.70. The summed E-state index contributed by atoms with van der Waals surface area (Å²) in [6.45, 7) is 4.48. The predicted octanol–water partition coefficient (Wildman–Crippen LogP) is 2.79. The quantitative estimate of drug-likeness (QED) is 0.869. The van der Waals surface area contributed by atoms with Gasteiger partial charge in [0.1, 0.15) is 0 Å². The van der Waals surface area contributed by atoms with Gasteiger partial charge in [0.05, 0.1) is 18.5 Å². The van der Waals surface area contributed by atoms with Crippen molar-refractivity contribution in [3.8, 4) is 0 Å². The van der Waals surface area contributed by atoms with E-state index < -0.39 is 0 Å². The molecule has 4 heteroatoms. The van der Waals surface area contributed by atoms with Crippen LogP contribution in [0.5, 0.6) is 0 Å². The zero-order valence-corrected chi connectivity index (χ0v) is 12.6. The molecule has 2 amide bonds. The van der Waals surface area contributed by atoms with Crippen molar-refractivity contribution < 1.29 is 9.59 Å². The molecule has 0 aromatic heterocycles. The molecule has 2 aliphatic rings. The number of fused-ring (bicyclic) bond motifs is 1. The zero-order valence-electron chi connectivity index (χ0n) is 12.6. The third-order valence-corrected chi connectivity index (χ3v) is 4.77. The van der Waals surface area contributed by atoms with Gasteiger partial charge in [0.2, 0.25) is 11.8 Å². The largest absolute Gasteiger partial charge is 0.367 e. The summed E-state index contributed by atoms with van der Waals surface area (Å²) in [7, 11) is 0. The van der Waals surface area contributed by atoms with Gasteiger partial charge >= 0.3 is 0 Å². The highest BCUT2D eigenvalue weighted by Crippen LogP contribution is 2.40. The van der Waals surface area contributed by atoms with Crippen molar-refractivity contribution >= 4 is 17.5 Å². The Morgan fingerprint density at radius 1 is 1.10 bits per heavy atom. The fourth-order valence-corrected chi connectivity index (χ4v) is 3.46. The van der Waals surface area contributed by atoms with Crippen LogP contribution in [-0.2, 0) is 9.59 Å². The van der Waals surface area contributed by atoms with Crippen molar-refractivity contribution in [2.24, 2.45) is 17.8 Å². The molecule has 1 aliphatic heterocycles. The maximum absolute atomic E-state index is 12.4. The van der Waals surface area contributed by atoms with Crippen molar-refractivity contribution in [3.05, 3.63) is 29.8 Å². The fraction of sp³-hybridized carbons (Fsp3) is 0.529. The smallest absolute Gasteiger partial charge is 0.234 e. The Balaban J connectivity index is 1.67. The Labute approximate surface area is 125 Å². The number of rotatable bonds is 3. The molecule has 112 valence electrons. The van der Waals surface area contributed by atoms with E-state index in [-0.39, 0.29) is 30.3 Å². The summed E-state index contributed by atoms with van der Waals surface area (Å²) >= 11 is 0. The van der Waals surface area contributed by atoms with Gasteiger partial charge in [-0.05, 0) is 44.2 Å². The summed E-state index contributed by atoms with van der Waals surface area (Å²) in [6.07, 6.45) is 2.77. The normalized spacial score (nSPS) is 28.7. The van der Waals surface area contributed by atoms with Crippen molar-refractivity contribution in [1.29, 1.82) is 0 Å². The fourth-order valence-electron chi connectivity index (χ4n) is 3.46. The molecule has 3 atom stereocenters. The van der Waals surface area contributed by atoms with E-state index in [1.165, 1.54) is 10.5 Å². The molecule has 0 bridgehead atoms. The average molecular weight is 286 g/mol. The highest BCUT2D eigenvalue weighted by molar-refractivity contribution is 6.05. The molecule has 1 N–H and O–H groups in total. The van der Waals surface area contributed by atoms with Crippen molar-refractivity contribution in [2.75, 3.05) is 12.0 Å². The third kappa shape index (κ3) is 2.67. The maximum Gasteiger partial charge on any atom is 0.234 e. The summed E-state index contributed by atoms with van der Waals surface area (Å²) in [6, 6.07) is 7.96. The minimum Gasteiger partial charge on any atom is -0.367 e. The summed E-state index contributed by atoms with van der Waals surface area (Å²) < 4.78 is 0. The molecule has 3 rings (SSSR count). The van der Waals surface area contributed by atoms with E-state index in [4.69, 9.17) is 0 Å². The number of nitrogens with one attached hydrogen (secondary N) is 1. The first kappa shape index (κ1) is 14.1. The average Bonchev–Trinajstić information content (AvgIpc) is 2.70. The minimum atomic E-state index is -0.0823. The van der Waals surface area contributed by atoms with Crippen LogP contribution >= 0.6 is 0 Å². The lowest BCUT2D eigenvalue weighted by molar-refractivity contribution is -0.139. The molecule has 1 saturated heterocycles. The van der Waals surface area contributed by atoms with E-state index in [0.717, 1.165) is 24.9 Å². The van der Waals surface area contributed by atoms with Crippen LogP contribution in [0, 0.1) is 24.7 Å². The third-order valence-electron chi connectivity index (χ3n) is 4.77. The number of likely N-dealkylation sites (tertiary alicyclic amines) is 1. The first-order valence-corrected chi connectivity index (χ1v) is 7.72. The van der Waals surface area contributed by atoms with Gasteiger partial charge in [0, 0.05) is 5.69 Å². The number of aryl methyl sites for hydroxylation is 1. The number of nitrogens with zero attached hydrogens (tertiary/aromatic N) is 1. The van der Waals surface area contributed by atoms with Crippen LogP contribution in [0.1, 0.15) is 31.7 Å². The van der Waals surface area contributed by atoms with Crippen LogP contribution in [0.3, 0.4) is 0 Å². The molecule has 1 heterocycles. The van der Waals surface area contributed by atoms with E-state index in [9.17, 15) is 9.59 Å². The highest BCUT2D eigenvalue weighted by atomic mass is 16.2. The van der Waals surface area contributed by atoms with Crippen LogP contribution < -0.4 is 5.32 Å². The lowest BCUT2D eigenvalue weighted by Gasteiger charge is -2.25. The van der Waals surface area contributed by atoms with Crippen molar-refractivity contribution in [2.45, 2.75) is 33.1 Å². The molecular formula is C17H22N2O2. The second kappa shape index (κ2) is 5.51. The molecule has 4 nitrogen and oxygen atoms in total. The standard InChI is InChI=1S/C17H22N2O2/c1-11-3-6-13(7-4-11)18-10-19-16(20)14-8-5-12(2)9-15(14)17(19)21/h3-4,6-7,12,14-15,18H,5,8-10H2,1-2H3/t12-,14+,15+/m1/s1. The Hall–Kier alpha value is -1.84. The van der Waals surface area contributed by atoms with Gasteiger partial charge in [0.15, 0.2) is 0 Å². The lowest BCUT2D eigenvalue weighted by Crippen LogP contribution is -2.35. The van der Waals surface area contributed by atoms with E-state index in [2.05, 4.69) is 12.2 Å². The molecule has 2 fully saturated rings. The van der Waals surface area contributed by atoms with E-state index in [0.29, 0.717) is 5.92 Å².